The summed E-state index contributed by atoms with van der Waals surface area (Å²) in [6, 6.07) is 13.3. The second kappa shape index (κ2) is 10.6. The zero-order chi connectivity index (χ0) is 20.5. The number of nitrogens with zero attached hydrogens (tertiary/aromatic N) is 3. The van der Waals surface area contributed by atoms with Crippen LogP contribution in [0.5, 0.6) is 5.75 Å². The summed E-state index contributed by atoms with van der Waals surface area (Å²) in [6.45, 7) is 5.65. The van der Waals surface area contributed by atoms with Crippen molar-refractivity contribution in [3.05, 3.63) is 59.4 Å². The maximum Gasteiger partial charge on any atom is 0.360 e. The summed E-state index contributed by atoms with van der Waals surface area (Å²) in [5, 5.41) is 0. The van der Waals surface area contributed by atoms with E-state index >= 15 is 0 Å². The van der Waals surface area contributed by atoms with Crippen molar-refractivity contribution >= 4 is 5.97 Å². The number of aromatic nitrogens is 1. The number of hydrogen-bond acceptors (Lipinski definition) is 6. The molecule has 29 heavy (non-hydrogen) atoms. The average Bonchev–Trinajstić information content (AvgIpc) is 2.77. The fourth-order valence-corrected chi connectivity index (χ4v) is 3.05. The van der Waals surface area contributed by atoms with Gasteiger partial charge in [-0.3, -0.25) is 4.90 Å². The number of likely N-dealkylation sites (N-methyl/N-ethyl adjacent to an activating group) is 1. The molecule has 6 heteroatoms. The minimum absolute atomic E-state index is 0.147. The average molecular weight is 393 g/mol. The molecule has 0 saturated carbocycles. The van der Waals surface area contributed by atoms with Gasteiger partial charge in [0.1, 0.15) is 12.3 Å². The van der Waals surface area contributed by atoms with Crippen LogP contribution in [0.3, 0.4) is 0 Å². The van der Waals surface area contributed by atoms with Crippen molar-refractivity contribution in [2.45, 2.75) is 13.0 Å². The van der Waals surface area contributed by atoms with Gasteiger partial charge in [0.05, 0.1) is 7.11 Å². The summed E-state index contributed by atoms with van der Waals surface area (Å²) in [5.74, 6) is 6.07. The van der Waals surface area contributed by atoms with Crippen molar-refractivity contribution in [2.75, 3.05) is 46.9 Å². The van der Waals surface area contributed by atoms with Gasteiger partial charge in [-0.15, -0.1) is 0 Å². The third kappa shape index (κ3) is 6.31. The van der Waals surface area contributed by atoms with Crippen molar-refractivity contribution in [3.8, 4) is 17.6 Å². The van der Waals surface area contributed by atoms with Gasteiger partial charge in [0.2, 0.25) is 0 Å². The van der Waals surface area contributed by atoms with Gasteiger partial charge in [-0.25, -0.2) is 9.78 Å². The molecule has 1 aromatic heterocycles. The minimum Gasteiger partial charge on any atom is -0.486 e. The van der Waals surface area contributed by atoms with Crippen LogP contribution in [-0.2, 0) is 11.3 Å². The van der Waals surface area contributed by atoms with E-state index in [0.29, 0.717) is 18.1 Å². The number of carbonyl (C=O) groups excluding carboxylic acids is 1. The highest BCUT2D eigenvalue weighted by molar-refractivity contribution is 5.90. The Labute approximate surface area is 172 Å². The van der Waals surface area contributed by atoms with E-state index in [0.717, 1.165) is 44.7 Å². The molecular formula is C23H27N3O3. The van der Waals surface area contributed by atoms with Gasteiger partial charge in [0.25, 0.3) is 0 Å². The summed E-state index contributed by atoms with van der Waals surface area (Å²) in [7, 11) is 3.48. The fraction of sp³-hybridized carbons (Fsp3) is 0.391. The molecule has 0 atom stereocenters. The Morgan fingerprint density at radius 3 is 2.59 bits per heavy atom. The molecule has 1 saturated heterocycles. The normalized spacial score (nSPS) is 14.7. The number of rotatable bonds is 6. The molecule has 0 aliphatic carbocycles. The van der Waals surface area contributed by atoms with Crippen LogP contribution in [0.4, 0.5) is 0 Å². The van der Waals surface area contributed by atoms with E-state index in [1.807, 2.05) is 30.3 Å². The zero-order valence-corrected chi connectivity index (χ0v) is 17.1. The number of piperazine rings is 1. The van der Waals surface area contributed by atoms with Crippen LogP contribution < -0.4 is 4.74 Å². The Hall–Kier alpha value is -2.88. The lowest BCUT2D eigenvalue weighted by Gasteiger charge is -2.31. The number of benzene rings is 1. The molecule has 2 aromatic rings. The van der Waals surface area contributed by atoms with E-state index in [-0.39, 0.29) is 5.69 Å². The first-order valence-electron chi connectivity index (χ1n) is 9.81. The highest BCUT2D eigenvalue weighted by Crippen LogP contribution is 2.19. The Balaban J connectivity index is 1.62. The molecule has 3 rings (SSSR count). The molecular weight excluding hydrogens is 366 g/mol. The van der Waals surface area contributed by atoms with E-state index in [9.17, 15) is 4.79 Å². The minimum atomic E-state index is -0.533. The second-order valence-corrected chi connectivity index (χ2v) is 7.01. The van der Waals surface area contributed by atoms with Gasteiger partial charge >= 0.3 is 5.97 Å². The molecule has 0 amide bonds. The van der Waals surface area contributed by atoms with Crippen LogP contribution >= 0.6 is 0 Å². The summed E-state index contributed by atoms with van der Waals surface area (Å²) >= 11 is 0. The van der Waals surface area contributed by atoms with Crippen LogP contribution in [0.15, 0.2) is 42.5 Å². The highest BCUT2D eigenvalue weighted by atomic mass is 16.5. The van der Waals surface area contributed by atoms with E-state index in [1.165, 1.54) is 7.11 Å². The topological polar surface area (TPSA) is 54.9 Å². The van der Waals surface area contributed by atoms with Crippen LogP contribution in [0, 0.1) is 11.8 Å². The monoisotopic (exact) mass is 393 g/mol. The molecule has 1 aromatic carbocycles. The van der Waals surface area contributed by atoms with Gasteiger partial charge in [-0.1, -0.05) is 36.3 Å². The molecule has 1 aliphatic heterocycles. The Kier molecular flexibility index (Phi) is 7.62. The van der Waals surface area contributed by atoms with Gasteiger partial charge in [-0.05, 0) is 30.7 Å². The largest absolute Gasteiger partial charge is 0.486 e. The summed E-state index contributed by atoms with van der Waals surface area (Å²) in [5.41, 5.74) is 1.70. The van der Waals surface area contributed by atoms with Gasteiger partial charge in [0, 0.05) is 39.1 Å². The van der Waals surface area contributed by atoms with Crippen molar-refractivity contribution in [1.29, 1.82) is 0 Å². The smallest absolute Gasteiger partial charge is 0.360 e. The predicted molar refractivity (Wildman–Crippen MR) is 112 cm³/mol. The van der Waals surface area contributed by atoms with Gasteiger partial charge in [0.15, 0.2) is 11.4 Å². The highest BCUT2D eigenvalue weighted by Gasteiger charge is 2.16. The number of carbonyl (C=O) groups is 1. The van der Waals surface area contributed by atoms with Crippen molar-refractivity contribution in [1.82, 2.24) is 14.8 Å². The van der Waals surface area contributed by atoms with Gasteiger partial charge in [-0.2, -0.15) is 0 Å². The van der Waals surface area contributed by atoms with Crippen LogP contribution in [0.25, 0.3) is 0 Å². The Morgan fingerprint density at radius 2 is 1.86 bits per heavy atom. The maximum absolute atomic E-state index is 12.1. The number of ether oxygens (including phenoxy) is 2. The molecule has 0 unspecified atom stereocenters. The van der Waals surface area contributed by atoms with Crippen molar-refractivity contribution < 1.29 is 14.3 Å². The predicted octanol–water partition coefficient (Wildman–Crippen LogP) is 2.44. The van der Waals surface area contributed by atoms with Crippen LogP contribution in [0.1, 0.15) is 28.2 Å². The standard InChI is InChI=1S/C23H27N3O3/c1-25-14-16-26(17-15-25)13-7-6-10-20-11-12-21(22(24-20)23(27)28-2)29-18-19-8-4-3-5-9-19/h3-5,8-9,11-12H,7,13-18H2,1-2H3. The van der Waals surface area contributed by atoms with Crippen LogP contribution in [0.2, 0.25) is 0 Å². The number of methoxy groups -OCH3 is 1. The molecule has 2 heterocycles. The lowest BCUT2D eigenvalue weighted by Crippen LogP contribution is -2.44. The molecule has 0 spiro atoms. The Morgan fingerprint density at radius 1 is 1.10 bits per heavy atom. The first-order chi connectivity index (χ1) is 14.2. The summed E-state index contributed by atoms with van der Waals surface area (Å²) in [6.07, 6.45) is 0.769. The molecule has 152 valence electrons. The van der Waals surface area contributed by atoms with E-state index in [4.69, 9.17) is 9.47 Å². The number of esters is 1. The third-order valence-electron chi connectivity index (χ3n) is 4.84. The summed E-state index contributed by atoms with van der Waals surface area (Å²) < 4.78 is 10.7. The first-order valence-corrected chi connectivity index (χ1v) is 9.81. The van der Waals surface area contributed by atoms with E-state index in [2.05, 4.69) is 33.7 Å². The zero-order valence-electron chi connectivity index (χ0n) is 17.1. The Bertz CT molecular complexity index is 866. The van der Waals surface area contributed by atoms with Crippen molar-refractivity contribution in [2.24, 2.45) is 0 Å². The molecule has 6 nitrogen and oxygen atoms in total. The second-order valence-electron chi connectivity index (χ2n) is 7.01. The lowest BCUT2D eigenvalue weighted by atomic mass is 10.2. The van der Waals surface area contributed by atoms with E-state index < -0.39 is 5.97 Å². The number of pyridine rings is 1. The van der Waals surface area contributed by atoms with E-state index in [1.54, 1.807) is 12.1 Å². The fourth-order valence-electron chi connectivity index (χ4n) is 3.05. The SMILES string of the molecule is COC(=O)c1nc(C#CCCN2CCN(C)CC2)ccc1OCc1ccccc1. The van der Waals surface area contributed by atoms with Crippen molar-refractivity contribution in [3.63, 3.8) is 0 Å². The lowest BCUT2D eigenvalue weighted by molar-refractivity contribution is 0.0588. The molecule has 0 bridgehead atoms. The molecule has 1 aliphatic rings. The third-order valence-corrected chi connectivity index (χ3v) is 4.84. The maximum atomic E-state index is 12.1. The van der Waals surface area contributed by atoms with Gasteiger partial charge < -0.3 is 14.4 Å². The van der Waals surface area contributed by atoms with Crippen LogP contribution in [-0.4, -0.2) is 67.6 Å². The first kappa shape index (κ1) is 20.8. The molecule has 0 N–H and O–H groups in total. The summed E-state index contributed by atoms with van der Waals surface area (Å²) in [4.78, 5) is 21.2. The number of hydrogen-bond donors (Lipinski definition) is 0. The molecule has 1 fully saturated rings. The molecule has 0 radical (unpaired) electrons. The quantitative estimate of drug-likeness (QED) is 0.555.